The maximum absolute atomic E-state index is 12.2. The van der Waals surface area contributed by atoms with E-state index in [4.69, 9.17) is 12.2 Å². The molecule has 0 spiro atoms. The van der Waals surface area contributed by atoms with Gasteiger partial charge < -0.3 is 5.32 Å². The van der Waals surface area contributed by atoms with Gasteiger partial charge in [0, 0.05) is 11.6 Å². The van der Waals surface area contributed by atoms with Crippen LogP contribution in [0.4, 0.5) is 0 Å². The van der Waals surface area contributed by atoms with Crippen molar-refractivity contribution < 1.29 is 4.79 Å². The summed E-state index contributed by atoms with van der Waals surface area (Å²) in [6.07, 6.45) is 2.42. The van der Waals surface area contributed by atoms with E-state index in [0.29, 0.717) is 16.5 Å². The Balaban J connectivity index is 1.80. The second kappa shape index (κ2) is 6.04. The molecule has 0 aliphatic heterocycles. The highest BCUT2D eigenvalue weighted by Crippen LogP contribution is 2.32. The van der Waals surface area contributed by atoms with Gasteiger partial charge in [0.15, 0.2) is 10.6 Å². The number of amides is 1. The van der Waals surface area contributed by atoms with E-state index in [2.05, 4.69) is 22.4 Å². The van der Waals surface area contributed by atoms with E-state index in [1.807, 2.05) is 31.2 Å². The smallest absolute Gasteiger partial charge is 0.240 e. The maximum atomic E-state index is 12.2. The molecule has 1 atom stereocenters. The summed E-state index contributed by atoms with van der Waals surface area (Å²) in [5.74, 6) is 1.31. The van der Waals surface area contributed by atoms with Crippen LogP contribution in [-0.4, -0.2) is 26.7 Å². The summed E-state index contributed by atoms with van der Waals surface area (Å²) in [6, 6.07) is 8.24. The topological polar surface area (TPSA) is 62.7 Å². The lowest BCUT2D eigenvalue weighted by molar-refractivity contribution is -0.122. The van der Waals surface area contributed by atoms with E-state index in [0.717, 1.165) is 11.1 Å². The van der Waals surface area contributed by atoms with Crippen molar-refractivity contribution in [1.29, 1.82) is 0 Å². The van der Waals surface area contributed by atoms with Crippen LogP contribution in [0, 0.1) is 17.6 Å². The third-order valence-electron chi connectivity index (χ3n) is 4.05. The van der Waals surface area contributed by atoms with Crippen LogP contribution < -0.4 is 5.32 Å². The normalized spacial score (nSPS) is 15.5. The fraction of sp³-hybridized carbons (Fsp3) is 0.438. The minimum absolute atomic E-state index is 0.0224. The van der Waals surface area contributed by atoms with Crippen molar-refractivity contribution >= 4 is 18.1 Å². The van der Waals surface area contributed by atoms with Crippen LogP contribution in [0.15, 0.2) is 24.3 Å². The number of carbonyl (C=O) groups is 1. The van der Waals surface area contributed by atoms with Crippen LogP contribution in [0.25, 0.3) is 11.4 Å². The van der Waals surface area contributed by atoms with Gasteiger partial charge in [-0.15, -0.1) is 0 Å². The van der Waals surface area contributed by atoms with Crippen LogP contribution in [0.2, 0.25) is 0 Å². The molecular formula is C16H20N4OS. The largest absolute Gasteiger partial charge is 0.352 e. The molecular weight excluding hydrogens is 296 g/mol. The molecule has 2 aromatic rings. The summed E-state index contributed by atoms with van der Waals surface area (Å²) in [6.45, 7) is 4.28. The van der Waals surface area contributed by atoms with Gasteiger partial charge in [-0.05, 0) is 50.9 Å². The van der Waals surface area contributed by atoms with Crippen molar-refractivity contribution in [3.05, 3.63) is 34.6 Å². The number of hydrogen-bond donors (Lipinski definition) is 2. The molecule has 0 saturated heterocycles. The average Bonchev–Trinajstić information content (AvgIpc) is 3.25. The number of benzene rings is 1. The van der Waals surface area contributed by atoms with E-state index < -0.39 is 0 Å². The summed E-state index contributed by atoms with van der Waals surface area (Å²) in [7, 11) is 0. The van der Waals surface area contributed by atoms with Crippen molar-refractivity contribution in [1.82, 2.24) is 20.1 Å². The molecule has 1 heterocycles. The van der Waals surface area contributed by atoms with Gasteiger partial charge in [-0.2, -0.15) is 5.10 Å². The first kappa shape index (κ1) is 15.0. The molecule has 5 nitrogen and oxygen atoms in total. The van der Waals surface area contributed by atoms with Crippen LogP contribution in [0.3, 0.4) is 0 Å². The van der Waals surface area contributed by atoms with E-state index in [9.17, 15) is 4.79 Å². The summed E-state index contributed by atoms with van der Waals surface area (Å²) < 4.78 is 2.21. The van der Waals surface area contributed by atoms with Crippen molar-refractivity contribution in [2.45, 2.75) is 39.3 Å². The molecule has 0 bridgehead atoms. The maximum Gasteiger partial charge on any atom is 0.240 e. The molecule has 1 saturated carbocycles. The molecule has 1 aliphatic carbocycles. The van der Waals surface area contributed by atoms with Crippen molar-refractivity contribution in [3.63, 3.8) is 0 Å². The molecule has 116 valence electrons. The van der Waals surface area contributed by atoms with Gasteiger partial charge in [-0.3, -0.25) is 14.5 Å². The third-order valence-corrected chi connectivity index (χ3v) is 4.37. The number of aromatic amines is 1. The summed E-state index contributed by atoms with van der Waals surface area (Å²) in [5, 5.41) is 10.1. The Labute approximate surface area is 134 Å². The highest BCUT2D eigenvalue weighted by Gasteiger charge is 2.29. The second-order valence-corrected chi connectivity index (χ2v) is 6.39. The Kier molecular flexibility index (Phi) is 4.11. The fourth-order valence-corrected chi connectivity index (χ4v) is 2.82. The van der Waals surface area contributed by atoms with Crippen molar-refractivity contribution in [2.75, 3.05) is 0 Å². The molecule has 1 aromatic heterocycles. The highest BCUT2D eigenvalue weighted by molar-refractivity contribution is 7.71. The lowest BCUT2D eigenvalue weighted by atomic mass is 10.1. The van der Waals surface area contributed by atoms with Gasteiger partial charge in [0.1, 0.15) is 6.54 Å². The molecule has 1 unspecified atom stereocenters. The number of nitrogens with zero attached hydrogens (tertiary/aromatic N) is 2. The number of rotatable bonds is 5. The fourth-order valence-electron chi connectivity index (χ4n) is 2.63. The first-order valence-electron chi connectivity index (χ1n) is 7.56. The summed E-state index contributed by atoms with van der Waals surface area (Å²) in [5.41, 5.74) is 2.10. The van der Waals surface area contributed by atoms with Crippen LogP contribution in [0.1, 0.15) is 25.3 Å². The monoisotopic (exact) mass is 316 g/mol. The second-order valence-electron chi connectivity index (χ2n) is 6.00. The number of hydrogen-bond acceptors (Lipinski definition) is 3. The molecule has 1 amide bonds. The number of aromatic nitrogens is 3. The predicted molar refractivity (Wildman–Crippen MR) is 87.9 cm³/mol. The lowest BCUT2D eigenvalue weighted by Gasteiger charge is -2.13. The molecule has 3 rings (SSSR count). The quantitative estimate of drug-likeness (QED) is 0.834. The van der Waals surface area contributed by atoms with E-state index in [-0.39, 0.29) is 18.5 Å². The van der Waals surface area contributed by atoms with Gasteiger partial charge in [0.05, 0.1) is 0 Å². The highest BCUT2D eigenvalue weighted by atomic mass is 32.1. The van der Waals surface area contributed by atoms with Gasteiger partial charge >= 0.3 is 0 Å². The molecule has 1 fully saturated rings. The first-order valence-corrected chi connectivity index (χ1v) is 7.97. The molecule has 1 aliphatic rings. The lowest BCUT2D eigenvalue weighted by Crippen LogP contribution is -2.36. The predicted octanol–water partition coefficient (Wildman–Crippen LogP) is 2.83. The molecule has 22 heavy (non-hydrogen) atoms. The Bertz CT molecular complexity index is 745. The van der Waals surface area contributed by atoms with Crippen molar-refractivity contribution in [3.8, 4) is 11.4 Å². The Hall–Kier alpha value is -1.95. The minimum atomic E-state index is -0.0224. The molecule has 1 aromatic carbocycles. The van der Waals surface area contributed by atoms with E-state index in [1.165, 1.54) is 12.8 Å². The average molecular weight is 316 g/mol. The van der Waals surface area contributed by atoms with Crippen molar-refractivity contribution in [2.24, 2.45) is 5.92 Å². The Morgan fingerprint density at radius 2 is 2.32 bits per heavy atom. The van der Waals surface area contributed by atoms with E-state index in [1.54, 1.807) is 4.57 Å². The minimum Gasteiger partial charge on any atom is -0.352 e. The zero-order chi connectivity index (χ0) is 15.7. The SMILES string of the molecule is Cc1cccc(-c2n[nH]c(=S)n2CC(=O)NC(C)C2CC2)c1. The van der Waals surface area contributed by atoms with Crippen LogP contribution in [0.5, 0.6) is 0 Å². The first-order chi connectivity index (χ1) is 10.5. The van der Waals surface area contributed by atoms with Crippen LogP contribution in [-0.2, 0) is 11.3 Å². The summed E-state index contributed by atoms with van der Waals surface area (Å²) in [4.78, 5) is 12.2. The van der Waals surface area contributed by atoms with Gasteiger partial charge in [-0.1, -0.05) is 23.8 Å². The third kappa shape index (κ3) is 3.27. The number of carbonyl (C=O) groups excluding carboxylic acids is 1. The standard InChI is InChI=1S/C16H20N4OS/c1-10-4-3-5-13(8-10)15-18-19-16(22)20(15)9-14(21)17-11(2)12-6-7-12/h3-5,8,11-12H,6-7,9H2,1-2H3,(H,17,21)(H,19,22). The Morgan fingerprint density at radius 3 is 3.00 bits per heavy atom. The summed E-state index contributed by atoms with van der Waals surface area (Å²) >= 11 is 5.27. The van der Waals surface area contributed by atoms with E-state index >= 15 is 0 Å². The Morgan fingerprint density at radius 1 is 1.55 bits per heavy atom. The molecule has 0 radical (unpaired) electrons. The number of H-pyrrole nitrogens is 1. The number of nitrogens with one attached hydrogen (secondary N) is 2. The van der Waals surface area contributed by atoms with Gasteiger partial charge in [-0.25, -0.2) is 0 Å². The molecule has 2 N–H and O–H groups in total. The zero-order valence-electron chi connectivity index (χ0n) is 12.8. The zero-order valence-corrected chi connectivity index (χ0v) is 13.6. The molecule has 6 heteroatoms. The number of aryl methyl sites for hydroxylation is 1. The van der Waals surface area contributed by atoms with Gasteiger partial charge in [0.25, 0.3) is 0 Å². The van der Waals surface area contributed by atoms with Crippen LogP contribution >= 0.6 is 12.2 Å². The van der Waals surface area contributed by atoms with Gasteiger partial charge in [0.2, 0.25) is 5.91 Å².